The molecular weight excluding hydrogens is 393 g/mol. The maximum Gasteiger partial charge on any atom is 0.276 e. The number of nitrogens with zero attached hydrogens (tertiary/aromatic N) is 3. The van der Waals surface area contributed by atoms with Gasteiger partial charge in [0.15, 0.2) is 0 Å². The molecule has 0 aliphatic carbocycles. The van der Waals surface area contributed by atoms with E-state index in [-0.39, 0.29) is 11.3 Å². The Morgan fingerprint density at radius 1 is 1.23 bits per heavy atom. The van der Waals surface area contributed by atoms with Crippen molar-refractivity contribution in [1.82, 2.24) is 4.98 Å². The minimum atomic E-state index is -0.482. The number of hydrogen-bond acceptors (Lipinski definition) is 5. The van der Waals surface area contributed by atoms with E-state index < -0.39 is 4.92 Å². The van der Waals surface area contributed by atoms with Crippen LogP contribution in [0, 0.1) is 21.4 Å². The molecule has 8 heteroatoms. The second-order valence-corrected chi connectivity index (χ2v) is 6.83. The monoisotopic (exact) mass is 401 g/mol. The maximum atomic E-state index is 11.1. The smallest absolute Gasteiger partial charge is 0.258 e. The topological polar surface area (TPSA) is 79.8 Å². The highest BCUT2D eigenvalue weighted by Crippen LogP contribution is 2.32. The first-order chi connectivity index (χ1) is 12.5. The first kappa shape index (κ1) is 18.1. The quantitative estimate of drug-likeness (QED) is 0.301. The van der Waals surface area contributed by atoms with Crippen LogP contribution in [-0.2, 0) is 0 Å². The van der Waals surface area contributed by atoms with Crippen molar-refractivity contribution in [3.05, 3.63) is 78.6 Å². The van der Waals surface area contributed by atoms with Crippen LogP contribution in [0.25, 0.3) is 22.9 Å². The molecule has 26 heavy (non-hydrogen) atoms. The number of allylic oxidation sites excluding steroid dienone is 1. The van der Waals surface area contributed by atoms with E-state index in [1.54, 1.807) is 41.8 Å². The predicted molar refractivity (Wildman–Crippen MR) is 104 cm³/mol. The standard InChI is InChI=1S/C18H9Cl2N3O2S/c19-14-6-5-11(8-15(14)20)16-10-26-18(22-16)13(9-21)7-12-3-1-2-4-17(12)23(24)25/h1-8,10H. The highest BCUT2D eigenvalue weighted by Gasteiger charge is 2.14. The summed E-state index contributed by atoms with van der Waals surface area (Å²) in [5.41, 5.74) is 1.94. The molecule has 128 valence electrons. The molecule has 0 aliphatic rings. The number of nitriles is 1. The predicted octanol–water partition coefficient (Wildman–Crippen LogP) is 6.09. The number of hydrogen-bond donors (Lipinski definition) is 0. The third-order valence-corrected chi connectivity index (χ3v) is 5.12. The summed E-state index contributed by atoms with van der Waals surface area (Å²) in [6, 6.07) is 13.4. The molecule has 0 N–H and O–H groups in total. The van der Waals surface area contributed by atoms with E-state index in [2.05, 4.69) is 11.1 Å². The number of para-hydroxylation sites is 1. The van der Waals surface area contributed by atoms with Gasteiger partial charge in [0.2, 0.25) is 0 Å². The van der Waals surface area contributed by atoms with Gasteiger partial charge >= 0.3 is 0 Å². The van der Waals surface area contributed by atoms with E-state index in [9.17, 15) is 15.4 Å². The molecule has 0 spiro atoms. The van der Waals surface area contributed by atoms with Crippen molar-refractivity contribution in [2.75, 3.05) is 0 Å². The van der Waals surface area contributed by atoms with Gasteiger partial charge in [-0.3, -0.25) is 10.1 Å². The van der Waals surface area contributed by atoms with Gasteiger partial charge in [0, 0.05) is 17.0 Å². The average molecular weight is 402 g/mol. The molecule has 5 nitrogen and oxygen atoms in total. The highest BCUT2D eigenvalue weighted by atomic mass is 35.5. The van der Waals surface area contributed by atoms with Gasteiger partial charge in [-0.15, -0.1) is 11.3 Å². The molecule has 0 saturated heterocycles. The number of nitro benzene ring substituents is 1. The van der Waals surface area contributed by atoms with Crippen molar-refractivity contribution in [3.8, 4) is 17.3 Å². The largest absolute Gasteiger partial charge is 0.276 e. The van der Waals surface area contributed by atoms with Gasteiger partial charge in [-0.25, -0.2) is 4.98 Å². The number of rotatable bonds is 4. The molecule has 0 radical (unpaired) electrons. The lowest BCUT2D eigenvalue weighted by Gasteiger charge is -2.00. The Hall–Kier alpha value is -2.72. The molecule has 3 rings (SSSR count). The van der Waals surface area contributed by atoms with Gasteiger partial charge in [-0.2, -0.15) is 5.26 Å². The Morgan fingerprint density at radius 2 is 2.00 bits per heavy atom. The lowest BCUT2D eigenvalue weighted by Crippen LogP contribution is -1.91. The van der Waals surface area contributed by atoms with Gasteiger partial charge in [-0.05, 0) is 24.3 Å². The summed E-state index contributed by atoms with van der Waals surface area (Å²) in [6.45, 7) is 0. The Bertz CT molecular complexity index is 1070. The number of aromatic nitrogens is 1. The Labute approximate surface area is 162 Å². The first-order valence-corrected chi connectivity index (χ1v) is 8.89. The summed E-state index contributed by atoms with van der Waals surface area (Å²) >= 11 is 13.2. The molecule has 2 aromatic carbocycles. The van der Waals surface area contributed by atoms with Crippen molar-refractivity contribution in [1.29, 1.82) is 5.26 Å². The van der Waals surface area contributed by atoms with Crippen molar-refractivity contribution in [2.24, 2.45) is 0 Å². The second kappa shape index (κ2) is 7.67. The molecule has 0 unspecified atom stereocenters. The highest BCUT2D eigenvalue weighted by molar-refractivity contribution is 7.11. The van der Waals surface area contributed by atoms with Crippen LogP contribution < -0.4 is 0 Å². The third kappa shape index (κ3) is 3.75. The molecule has 0 atom stereocenters. The van der Waals surface area contributed by atoms with E-state index in [0.717, 1.165) is 5.56 Å². The normalized spacial score (nSPS) is 11.2. The fourth-order valence-electron chi connectivity index (χ4n) is 2.26. The minimum Gasteiger partial charge on any atom is -0.258 e. The van der Waals surface area contributed by atoms with E-state index in [1.807, 2.05) is 0 Å². The van der Waals surface area contributed by atoms with Crippen molar-refractivity contribution < 1.29 is 4.92 Å². The summed E-state index contributed by atoms with van der Waals surface area (Å²) in [7, 11) is 0. The van der Waals surface area contributed by atoms with Crippen molar-refractivity contribution in [3.63, 3.8) is 0 Å². The molecule has 0 bridgehead atoms. The van der Waals surface area contributed by atoms with E-state index >= 15 is 0 Å². The molecular formula is C18H9Cl2N3O2S. The number of nitro groups is 1. The van der Waals surface area contributed by atoms with Crippen molar-refractivity contribution in [2.45, 2.75) is 0 Å². The Kier molecular flexibility index (Phi) is 5.33. The van der Waals surface area contributed by atoms with Gasteiger partial charge in [0.1, 0.15) is 11.1 Å². The van der Waals surface area contributed by atoms with Crippen LogP contribution in [0.2, 0.25) is 10.0 Å². The molecule has 1 aromatic heterocycles. The third-order valence-electron chi connectivity index (χ3n) is 3.50. The van der Waals surface area contributed by atoms with Crippen LogP contribution in [0.4, 0.5) is 5.69 Å². The van der Waals surface area contributed by atoms with Crippen LogP contribution in [0.3, 0.4) is 0 Å². The summed E-state index contributed by atoms with van der Waals surface area (Å²) in [6.07, 6.45) is 1.47. The molecule has 3 aromatic rings. The molecule has 1 heterocycles. The van der Waals surface area contributed by atoms with Crippen LogP contribution >= 0.6 is 34.5 Å². The zero-order valence-corrected chi connectivity index (χ0v) is 15.3. The summed E-state index contributed by atoms with van der Waals surface area (Å²) in [5.74, 6) is 0. The zero-order chi connectivity index (χ0) is 18.7. The van der Waals surface area contributed by atoms with Crippen LogP contribution in [-0.4, -0.2) is 9.91 Å². The summed E-state index contributed by atoms with van der Waals surface area (Å²) in [5, 5.41) is 23.7. The Morgan fingerprint density at radius 3 is 2.69 bits per heavy atom. The van der Waals surface area contributed by atoms with Gasteiger partial charge in [-0.1, -0.05) is 41.4 Å². The van der Waals surface area contributed by atoms with Gasteiger partial charge in [0.25, 0.3) is 5.69 Å². The number of thiazole rings is 1. The lowest BCUT2D eigenvalue weighted by molar-refractivity contribution is -0.385. The zero-order valence-electron chi connectivity index (χ0n) is 13.0. The van der Waals surface area contributed by atoms with E-state index in [4.69, 9.17) is 23.2 Å². The Balaban J connectivity index is 2.00. The van der Waals surface area contributed by atoms with Crippen LogP contribution in [0.1, 0.15) is 10.6 Å². The van der Waals surface area contributed by atoms with E-state index in [1.165, 1.54) is 23.5 Å². The fraction of sp³-hybridized carbons (Fsp3) is 0. The summed E-state index contributed by atoms with van der Waals surface area (Å²) < 4.78 is 0. The van der Waals surface area contributed by atoms with Gasteiger partial charge < -0.3 is 0 Å². The fourth-order valence-corrected chi connectivity index (χ4v) is 3.35. The molecule has 0 saturated carbocycles. The van der Waals surface area contributed by atoms with Crippen LogP contribution in [0.5, 0.6) is 0 Å². The van der Waals surface area contributed by atoms with E-state index in [0.29, 0.717) is 26.3 Å². The lowest BCUT2D eigenvalue weighted by atomic mass is 10.1. The van der Waals surface area contributed by atoms with Gasteiger partial charge in [0.05, 0.1) is 31.8 Å². The first-order valence-electron chi connectivity index (χ1n) is 7.26. The molecule has 0 fully saturated rings. The molecule has 0 amide bonds. The van der Waals surface area contributed by atoms with Crippen LogP contribution in [0.15, 0.2) is 47.8 Å². The number of halogens is 2. The van der Waals surface area contributed by atoms with Crippen molar-refractivity contribution >= 4 is 51.9 Å². The maximum absolute atomic E-state index is 11.1. The summed E-state index contributed by atoms with van der Waals surface area (Å²) in [4.78, 5) is 15.1. The number of benzene rings is 2. The average Bonchev–Trinajstić information content (AvgIpc) is 3.12. The molecule has 0 aliphatic heterocycles. The minimum absolute atomic E-state index is 0.0680. The second-order valence-electron chi connectivity index (χ2n) is 5.15. The SMILES string of the molecule is N#CC(=Cc1ccccc1[N+](=O)[O-])c1nc(-c2ccc(Cl)c(Cl)c2)cs1.